The van der Waals surface area contributed by atoms with Crippen molar-refractivity contribution in [2.45, 2.75) is 45.1 Å². The molecule has 2 fully saturated rings. The first kappa shape index (κ1) is 18.8. The van der Waals surface area contributed by atoms with Crippen LogP contribution in [0.4, 0.5) is 5.82 Å². The summed E-state index contributed by atoms with van der Waals surface area (Å²) in [5.74, 6) is 1.33. The largest absolute Gasteiger partial charge is 0.356 e. The second kappa shape index (κ2) is 7.12. The van der Waals surface area contributed by atoms with E-state index in [1.807, 2.05) is 6.92 Å². The number of benzene rings is 1. The predicted molar refractivity (Wildman–Crippen MR) is 110 cm³/mol. The molecule has 0 bridgehead atoms. The summed E-state index contributed by atoms with van der Waals surface area (Å²) in [6.07, 6.45) is 5.72. The van der Waals surface area contributed by atoms with Gasteiger partial charge in [0, 0.05) is 25.2 Å². The zero-order chi connectivity index (χ0) is 19.2. The lowest BCUT2D eigenvalue weighted by Gasteiger charge is -2.42. The van der Waals surface area contributed by atoms with E-state index in [-0.39, 0.29) is 11.0 Å². The van der Waals surface area contributed by atoms with Crippen LogP contribution in [0.2, 0.25) is 10.0 Å². The van der Waals surface area contributed by atoms with E-state index >= 15 is 0 Å². The average Bonchev–Trinajstić information content (AvgIpc) is 2.98. The van der Waals surface area contributed by atoms with Gasteiger partial charge in [-0.3, -0.25) is 9.36 Å². The van der Waals surface area contributed by atoms with Gasteiger partial charge < -0.3 is 10.6 Å². The van der Waals surface area contributed by atoms with E-state index in [9.17, 15) is 4.79 Å². The molecule has 2 N–H and O–H groups in total. The summed E-state index contributed by atoms with van der Waals surface area (Å²) >= 11 is 12.4. The summed E-state index contributed by atoms with van der Waals surface area (Å²) in [5.41, 5.74) is 7.07. The van der Waals surface area contributed by atoms with Gasteiger partial charge in [-0.2, -0.15) is 0 Å². The summed E-state index contributed by atoms with van der Waals surface area (Å²) in [6.45, 7) is 3.60. The van der Waals surface area contributed by atoms with Crippen LogP contribution in [0.15, 0.2) is 29.1 Å². The molecule has 1 aromatic carbocycles. The van der Waals surface area contributed by atoms with Crippen molar-refractivity contribution in [3.8, 4) is 5.69 Å². The Balaban J connectivity index is 1.61. The lowest BCUT2D eigenvalue weighted by atomic mass is 9.74. The van der Waals surface area contributed by atoms with E-state index in [4.69, 9.17) is 33.9 Å². The molecule has 2 aromatic rings. The van der Waals surface area contributed by atoms with Crippen LogP contribution >= 0.6 is 23.2 Å². The highest BCUT2D eigenvalue weighted by Gasteiger charge is 2.43. The highest BCUT2D eigenvalue weighted by atomic mass is 35.5. The lowest BCUT2D eigenvalue weighted by molar-refractivity contribution is 0.197. The molecule has 0 radical (unpaired) electrons. The molecule has 4 rings (SSSR count). The van der Waals surface area contributed by atoms with Crippen LogP contribution < -0.4 is 16.2 Å². The molecule has 1 saturated heterocycles. The Morgan fingerprint density at radius 1 is 1.22 bits per heavy atom. The molecule has 27 heavy (non-hydrogen) atoms. The fourth-order valence-electron chi connectivity index (χ4n) is 4.67. The lowest BCUT2D eigenvalue weighted by Crippen LogP contribution is -2.47. The fraction of sp³-hybridized carbons (Fsp3) is 0.500. The molecule has 1 saturated carbocycles. The number of piperidine rings is 1. The topological polar surface area (TPSA) is 64.2 Å². The van der Waals surface area contributed by atoms with E-state index in [0.717, 1.165) is 38.2 Å². The summed E-state index contributed by atoms with van der Waals surface area (Å²) < 4.78 is 1.51. The van der Waals surface area contributed by atoms with E-state index in [1.54, 1.807) is 24.3 Å². The van der Waals surface area contributed by atoms with Crippen LogP contribution in [0.5, 0.6) is 0 Å². The number of halogens is 2. The Morgan fingerprint density at radius 3 is 2.59 bits per heavy atom. The van der Waals surface area contributed by atoms with Crippen molar-refractivity contribution in [2.75, 3.05) is 18.0 Å². The van der Waals surface area contributed by atoms with Crippen molar-refractivity contribution >= 4 is 29.0 Å². The highest BCUT2D eigenvalue weighted by molar-refractivity contribution is 6.43. The second-order valence-electron chi connectivity index (χ2n) is 7.76. The quantitative estimate of drug-likeness (QED) is 0.819. The van der Waals surface area contributed by atoms with Gasteiger partial charge in [-0.25, -0.2) is 4.98 Å². The first-order chi connectivity index (χ1) is 12.9. The summed E-state index contributed by atoms with van der Waals surface area (Å²) in [6, 6.07) is 7.16. The van der Waals surface area contributed by atoms with E-state index in [2.05, 4.69) is 4.90 Å². The van der Waals surface area contributed by atoms with Crippen LogP contribution in [0.3, 0.4) is 0 Å². The van der Waals surface area contributed by atoms with Crippen molar-refractivity contribution in [3.05, 3.63) is 50.5 Å². The van der Waals surface area contributed by atoms with Crippen LogP contribution in [-0.4, -0.2) is 28.7 Å². The maximum absolute atomic E-state index is 12.8. The Hall–Kier alpha value is -1.56. The Kier molecular flexibility index (Phi) is 4.95. The molecule has 1 atom stereocenters. The van der Waals surface area contributed by atoms with E-state index in [1.165, 1.54) is 17.4 Å². The van der Waals surface area contributed by atoms with Gasteiger partial charge in [0.25, 0.3) is 5.56 Å². The zero-order valence-corrected chi connectivity index (χ0v) is 16.9. The monoisotopic (exact) mass is 406 g/mol. The molecule has 1 spiro atoms. The fourth-order valence-corrected chi connectivity index (χ4v) is 5.05. The van der Waals surface area contributed by atoms with Crippen LogP contribution in [0, 0.1) is 12.3 Å². The van der Waals surface area contributed by atoms with Crippen LogP contribution in [-0.2, 0) is 0 Å². The first-order valence-electron chi connectivity index (χ1n) is 9.47. The highest BCUT2D eigenvalue weighted by Crippen LogP contribution is 2.45. The number of hydrogen-bond acceptors (Lipinski definition) is 4. The van der Waals surface area contributed by atoms with Gasteiger partial charge >= 0.3 is 0 Å². The number of aryl methyl sites for hydroxylation is 1. The Bertz CT molecular complexity index is 919. The molecule has 144 valence electrons. The molecule has 1 aliphatic carbocycles. The van der Waals surface area contributed by atoms with Crippen LogP contribution in [0.25, 0.3) is 5.69 Å². The molecular weight excluding hydrogens is 383 g/mol. The van der Waals surface area contributed by atoms with Gasteiger partial charge in [0.1, 0.15) is 11.6 Å². The standard InChI is InChI=1S/C20H24Cl2N4O/c1-13-24-17(25-10-8-20(9-11-25)7-3-6-16(20)23)12-18(27)26(13)15-5-2-4-14(21)19(15)22/h2,4-5,12,16H,3,6-11,23H2,1H3/t16-/m0/s1. The first-order valence-corrected chi connectivity index (χ1v) is 10.2. The minimum Gasteiger partial charge on any atom is -0.356 e. The molecule has 0 unspecified atom stereocenters. The minimum atomic E-state index is -0.153. The minimum absolute atomic E-state index is 0.153. The number of anilines is 1. The smallest absolute Gasteiger partial charge is 0.260 e. The molecule has 0 amide bonds. The van der Waals surface area contributed by atoms with Gasteiger partial charge in [-0.05, 0) is 50.2 Å². The molecule has 5 nitrogen and oxygen atoms in total. The Morgan fingerprint density at radius 2 is 1.96 bits per heavy atom. The predicted octanol–water partition coefficient (Wildman–Crippen LogP) is 3.95. The van der Waals surface area contributed by atoms with E-state index in [0.29, 0.717) is 27.6 Å². The summed E-state index contributed by atoms with van der Waals surface area (Å²) in [4.78, 5) is 19.7. The van der Waals surface area contributed by atoms with Crippen LogP contribution in [0.1, 0.15) is 37.9 Å². The third kappa shape index (κ3) is 3.26. The van der Waals surface area contributed by atoms with Gasteiger partial charge in [0.2, 0.25) is 0 Å². The van der Waals surface area contributed by atoms with Crippen molar-refractivity contribution < 1.29 is 0 Å². The maximum atomic E-state index is 12.8. The number of aromatic nitrogens is 2. The Labute approximate surface area is 169 Å². The van der Waals surface area contributed by atoms with Gasteiger partial charge in [-0.15, -0.1) is 0 Å². The molecule has 1 aliphatic heterocycles. The number of nitrogens with two attached hydrogens (primary N) is 1. The van der Waals surface area contributed by atoms with Crippen molar-refractivity contribution in [1.82, 2.24) is 9.55 Å². The summed E-state index contributed by atoms with van der Waals surface area (Å²) in [7, 11) is 0. The van der Waals surface area contributed by atoms with Crippen molar-refractivity contribution in [1.29, 1.82) is 0 Å². The average molecular weight is 407 g/mol. The van der Waals surface area contributed by atoms with Gasteiger partial charge in [0.05, 0.1) is 15.7 Å². The number of hydrogen-bond donors (Lipinski definition) is 1. The van der Waals surface area contributed by atoms with Crippen molar-refractivity contribution in [2.24, 2.45) is 11.1 Å². The zero-order valence-electron chi connectivity index (χ0n) is 15.4. The number of nitrogens with zero attached hydrogens (tertiary/aromatic N) is 3. The van der Waals surface area contributed by atoms with Gasteiger partial charge in [-0.1, -0.05) is 35.7 Å². The van der Waals surface area contributed by atoms with E-state index < -0.39 is 0 Å². The molecule has 7 heteroatoms. The summed E-state index contributed by atoms with van der Waals surface area (Å²) in [5, 5.41) is 0.771. The molecule has 2 aliphatic rings. The van der Waals surface area contributed by atoms with Gasteiger partial charge in [0.15, 0.2) is 0 Å². The third-order valence-electron chi connectivity index (χ3n) is 6.30. The van der Waals surface area contributed by atoms with Crippen molar-refractivity contribution in [3.63, 3.8) is 0 Å². The second-order valence-corrected chi connectivity index (χ2v) is 8.54. The molecular formula is C20H24Cl2N4O. The third-order valence-corrected chi connectivity index (χ3v) is 7.11. The molecule has 1 aromatic heterocycles. The number of rotatable bonds is 2. The maximum Gasteiger partial charge on any atom is 0.260 e. The normalized spacial score (nSPS) is 21.8. The molecule has 2 heterocycles. The SMILES string of the molecule is Cc1nc(N2CCC3(CCC[C@@H]3N)CC2)cc(=O)n1-c1cccc(Cl)c1Cl.